The van der Waals surface area contributed by atoms with Crippen molar-refractivity contribution in [3.63, 3.8) is 0 Å². The summed E-state index contributed by atoms with van der Waals surface area (Å²) in [5, 5.41) is 9.46. The van der Waals surface area contributed by atoms with E-state index in [0.29, 0.717) is 6.07 Å². The summed E-state index contributed by atoms with van der Waals surface area (Å²) < 4.78 is 55.4. The van der Waals surface area contributed by atoms with Gasteiger partial charge in [0.15, 0.2) is 11.6 Å². The van der Waals surface area contributed by atoms with Crippen LogP contribution in [0.2, 0.25) is 0 Å². The molecule has 108 valence electrons. The Labute approximate surface area is 110 Å². The van der Waals surface area contributed by atoms with Crippen LogP contribution in [0.4, 0.5) is 8.78 Å². The Morgan fingerprint density at radius 2 is 2.00 bits per heavy atom. The predicted molar refractivity (Wildman–Crippen MR) is 64.1 cm³/mol. The van der Waals surface area contributed by atoms with Crippen LogP contribution in [0, 0.1) is 11.6 Å². The lowest BCUT2D eigenvalue weighted by Crippen LogP contribution is -2.36. The number of hydrogen-bond donors (Lipinski definition) is 1. The molecule has 1 unspecified atom stereocenters. The molecule has 0 heterocycles. The van der Waals surface area contributed by atoms with E-state index in [1.54, 1.807) is 0 Å². The van der Waals surface area contributed by atoms with Gasteiger partial charge in [-0.1, -0.05) is 0 Å². The van der Waals surface area contributed by atoms with Gasteiger partial charge in [-0.05, 0) is 18.2 Å². The van der Waals surface area contributed by atoms with E-state index in [9.17, 15) is 22.3 Å². The molecule has 1 aromatic carbocycles. The number of nitrogens with zero attached hydrogens (tertiary/aromatic N) is 1. The van der Waals surface area contributed by atoms with Gasteiger partial charge in [0, 0.05) is 20.7 Å². The lowest BCUT2D eigenvalue weighted by atomic mass is 10.3. The van der Waals surface area contributed by atoms with E-state index in [1.807, 2.05) is 0 Å². The van der Waals surface area contributed by atoms with Crippen molar-refractivity contribution in [1.29, 1.82) is 0 Å². The molecule has 0 bridgehead atoms. The maximum atomic E-state index is 13.0. The van der Waals surface area contributed by atoms with Crippen LogP contribution in [0.5, 0.6) is 0 Å². The van der Waals surface area contributed by atoms with E-state index in [-0.39, 0.29) is 18.0 Å². The fourth-order valence-corrected chi connectivity index (χ4v) is 2.68. The molecule has 0 saturated carbocycles. The summed E-state index contributed by atoms with van der Waals surface area (Å²) in [4.78, 5) is -0.376. The Morgan fingerprint density at radius 3 is 2.53 bits per heavy atom. The highest BCUT2D eigenvalue weighted by Gasteiger charge is 2.24. The highest BCUT2D eigenvalue weighted by Crippen LogP contribution is 2.17. The molecular formula is C11H15F2NO4S. The van der Waals surface area contributed by atoms with Gasteiger partial charge in [-0.2, -0.15) is 4.31 Å². The molecule has 0 aliphatic rings. The number of likely N-dealkylation sites (N-methyl/N-ethyl adjacent to an activating group) is 1. The highest BCUT2D eigenvalue weighted by molar-refractivity contribution is 7.89. The van der Waals surface area contributed by atoms with Gasteiger partial charge >= 0.3 is 0 Å². The van der Waals surface area contributed by atoms with Crippen LogP contribution in [0.25, 0.3) is 0 Å². The first kappa shape index (κ1) is 16.0. The maximum Gasteiger partial charge on any atom is 0.243 e. The van der Waals surface area contributed by atoms with Gasteiger partial charge in [0.2, 0.25) is 10.0 Å². The van der Waals surface area contributed by atoms with Crippen LogP contribution in [0.3, 0.4) is 0 Å². The number of rotatable bonds is 6. The molecule has 0 amide bonds. The lowest BCUT2D eigenvalue weighted by Gasteiger charge is -2.20. The largest absolute Gasteiger partial charge is 0.389 e. The topological polar surface area (TPSA) is 66.8 Å². The minimum atomic E-state index is -3.98. The summed E-state index contributed by atoms with van der Waals surface area (Å²) in [6, 6.07) is 2.30. The quantitative estimate of drug-likeness (QED) is 0.834. The summed E-state index contributed by atoms with van der Waals surface area (Å²) in [5.41, 5.74) is 0. The van der Waals surface area contributed by atoms with Crippen molar-refractivity contribution in [2.75, 3.05) is 27.3 Å². The Morgan fingerprint density at radius 1 is 1.37 bits per heavy atom. The monoisotopic (exact) mass is 295 g/mol. The second kappa shape index (κ2) is 6.38. The minimum absolute atomic E-state index is 0.0301. The number of benzene rings is 1. The number of methoxy groups -OCH3 is 1. The van der Waals surface area contributed by atoms with E-state index in [0.717, 1.165) is 16.4 Å². The predicted octanol–water partition coefficient (Wildman–Crippen LogP) is 0.593. The molecule has 0 aromatic heterocycles. The van der Waals surface area contributed by atoms with E-state index in [4.69, 9.17) is 0 Å². The molecule has 0 aliphatic heterocycles. The molecule has 1 aromatic rings. The number of halogens is 2. The van der Waals surface area contributed by atoms with Crippen molar-refractivity contribution >= 4 is 10.0 Å². The van der Waals surface area contributed by atoms with Crippen molar-refractivity contribution < 1.29 is 27.0 Å². The summed E-state index contributed by atoms with van der Waals surface area (Å²) in [7, 11) is -1.38. The molecule has 19 heavy (non-hydrogen) atoms. The molecule has 0 radical (unpaired) electrons. The normalized spacial score (nSPS) is 13.8. The third kappa shape index (κ3) is 3.93. The van der Waals surface area contributed by atoms with Crippen molar-refractivity contribution in [2.24, 2.45) is 0 Å². The first-order valence-electron chi connectivity index (χ1n) is 5.37. The average molecular weight is 295 g/mol. The van der Waals surface area contributed by atoms with E-state index in [2.05, 4.69) is 4.74 Å². The van der Waals surface area contributed by atoms with Crippen molar-refractivity contribution in [3.8, 4) is 0 Å². The molecule has 1 atom stereocenters. The van der Waals surface area contributed by atoms with Crippen LogP contribution in [-0.2, 0) is 14.8 Å². The number of aliphatic hydroxyl groups is 1. The summed E-state index contributed by atoms with van der Waals surface area (Å²) in [6.45, 7) is -0.243. The Hall–Kier alpha value is -1.09. The van der Waals surface area contributed by atoms with Gasteiger partial charge in [-0.25, -0.2) is 17.2 Å². The zero-order valence-electron chi connectivity index (χ0n) is 10.5. The van der Waals surface area contributed by atoms with E-state index >= 15 is 0 Å². The summed E-state index contributed by atoms with van der Waals surface area (Å²) in [6.07, 6.45) is -1.00. The fraction of sp³-hybridized carbons (Fsp3) is 0.455. The third-order valence-corrected chi connectivity index (χ3v) is 4.25. The molecule has 0 fully saturated rings. The van der Waals surface area contributed by atoms with E-state index in [1.165, 1.54) is 14.2 Å². The van der Waals surface area contributed by atoms with E-state index < -0.39 is 27.8 Å². The van der Waals surface area contributed by atoms with Gasteiger partial charge in [-0.15, -0.1) is 0 Å². The fourth-order valence-electron chi connectivity index (χ4n) is 1.46. The Balaban J connectivity index is 2.93. The Kier molecular flexibility index (Phi) is 5.36. The molecule has 5 nitrogen and oxygen atoms in total. The second-order valence-corrected chi connectivity index (χ2v) is 6.02. The number of hydrogen-bond acceptors (Lipinski definition) is 4. The zero-order valence-corrected chi connectivity index (χ0v) is 11.3. The lowest BCUT2D eigenvalue weighted by molar-refractivity contribution is 0.0554. The van der Waals surface area contributed by atoms with Gasteiger partial charge in [0.25, 0.3) is 0 Å². The van der Waals surface area contributed by atoms with Gasteiger partial charge in [-0.3, -0.25) is 0 Å². The van der Waals surface area contributed by atoms with Gasteiger partial charge in [0.1, 0.15) is 0 Å². The molecule has 1 N–H and O–H groups in total. The smallest absolute Gasteiger partial charge is 0.243 e. The van der Waals surface area contributed by atoms with Gasteiger partial charge in [0.05, 0.1) is 17.6 Å². The summed E-state index contributed by atoms with van der Waals surface area (Å²) in [5.74, 6) is -2.37. The number of sulfonamides is 1. The standard InChI is InChI=1S/C11H15F2NO4S/c1-14(6-8(15)7-18-2)19(16,17)9-3-4-10(12)11(13)5-9/h3-5,8,15H,6-7H2,1-2H3. The van der Waals surface area contributed by atoms with Crippen LogP contribution in [0.15, 0.2) is 23.1 Å². The number of ether oxygens (including phenoxy) is 1. The average Bonchev–Trinajstić information content (AvgIpc) is 2.32. The summed E-state index contributed by atoms with van der Waals surface area (Å²) >= 11 is 0. The van der Waals surface area contributed by atoms with Crippen molar-refractivity contribution in [3.05, 3.63) is 29.8 Å². The molecule has 8 heteroatoms. The van der Waals surface area contributed by atoms with Crippen LogP contribution < -0.4 is 0 Å². The van der Waals surface area contributed by atoms with Crippen molar-refractivity contribution in [2.45, 2.75) is 11.0 Å². The first-order valence-corrected chi connectivity index (χ1v) is 6.81. The maximum absolute atomic E-state index is 13.0. The van der Waals surface area contributed by atoms with Crippen LogP contribution >= 0.6 is 0 Å². The molecule has 1 rings (SSSR count). The highest BCUT2D eigenvalue weighted by atomic mass is 32.2. The van der Waals surface area contributed by atoms with Gasteiger partial charge < -0.3 is 9.84 Å². The minimum Gasteiger partial charge on any atom is -0.389 e. The third-order valence-electron chi connectivity index (χ3n) is 2.43. The zero-order chi connectivity index (χ0) is 14.6. The van der Waals surface area contributed by atoms with Crippen LogP contribution in [-0.4, -0.2) is 51.2 Å². The van der Waals surface area contributed by atoms with Crippen molar-refractivity contribution in [1.82, 2.24) is 4.31 Å². The Bertz CT molecular complexity index is 535. The first-order chi connectivity index (χ1) is 8.78. The second-order valence-electron chi connectivity index (χ2n) is 3.97. The van der Waals surface area contributed by atoms with Crippen LogP contribution in [0.1, 0.15) is 0 Å². The number of aliphatic hydroxyl groups excluding tert-OH is 1. The molecule has 0 spiro atoms. The SMILES string of the molecule is COCC(O)CN(C)S(=O)(=O)c1ccc(F)c(F)c1. The molecule has 0 saturated heterocycles. The molecular weight excluding hydrogens is 280 g/mol. The molecule has 0 aliphatic carbocycles.